The minimum atomic E-state index is 0.995. The van der Waals surface area contributed by atoms with Gasteiger partial charge in [0.25, 0.3) is 0 Å². The van der Waals surface area contributed by atoms with Crippen LogP contribution in [0.2, 0.25) is 0 Å². The predicted octanol–water partition coefficient (Wildman–Crippen LogP) is 3.73. The summed E-state index contributed by atoms with van der Waals surface area (Å²) in [5, 5.41) is 0. The minimum Gasteiger partial charge on any atom is -0.347 e. The summed E-state index contributed by atoms with van der Waals surface area (Å²) in [4.78, 5) is 4.89. The molecule has 0 saturated heterocycles. The number of aryl methyl sites for hydroxylation is 2. The Morgan fingerprint density at radius 3 is 2.39 bits per heavy atom. The van der Waals surface area contributed by atoms with Crippen molar-refractivity contribution in [1.82, 2.24) is 0 Å². The molecule has 0 unspecified atom stereocenters. The summed E-state index contributed by atoms with van der Waals surface area (Å²) in [6.07, 6.45) is 0. The zero-order chi connectivity index (χ0) is 12.3. The van der Waals surface area contributed by atoms with Crippen molar-refractivity contribution in [3.8, 4) is 0 Å². The molecule has 0 fully saturated rings. The Labute approximate surface area is 107 Å². The molecule has 90 valence electrons. The highest BCUT2D eigenvalue weighted by Gasteiger charge is 2.32. The SMILES string of the molecule is Cc1ccc2c(c1)CN1CN2c2cc(C)ccc21. The van der Waals surface area contributed by atoms with E-state index in [9.17, 15) is 0 Å². The Kier molecular flexibility index (Phi) is 1.83. The summed E-state index contributed by atoms with van der Waals surface area (Å²) >= 11 is 0. The molecular formula is C16H16N2. The van der Waals surface area contributed by atoms with Gasteiger partial charge in [-0.05, 0) is 43.2 Å². The lowest BCUT2D eigenvalue weighted by Gasteiger charge is -2.30. The van der Waals surface area contributed by atoms with Gasteiger partial charge < -0.3 is 9.80 Å². The van der Waals surface area contributed by atoms with E-state index in [-0.39, 0.29) is 0 Å². The maximum absolute atomic E-state index is 2.45. The first-order valence-corrected chi connectivity index (χ1v) is 6.45. The van der Waals surface area contributed by atoms with Gasteiger partial charge in [0.2, 0.25) is 0 Å². The van der Waals surface area contributed by atoms with Crippen LogP contribution in [0.5, 0.6) is 0 Å². The molecule has 2 aliphatic heterocycles. The van der Waals surface area contributed by atoms with Crippen molar-refractivity contribution in [3.63, 3.8) is 0 Å². The Hall–Kier alpha value is -1.96. The number of hydrogen-bond acceptors (Lipinski definition) is 2. The van der Waals surface area contributed by atoms with Crippen LogP contribution in [0.4, 0.5) is 17.1 Å². The quantitative estimate of drug-likeness (QED) is 0.687. The first-order chi connectivity index (χ1) is 8.72. The van der Waals surface area contributed by atoms with Gasteiger partial charge >= 0.3 is 0 Å². The molecule has 0 amide bonds. The summed E-state index contributed by atoms with van der Waals surface area (Å²) in [6.45, 7) is 6.35. The smallest absolute Gasteiger partial charge is 0.0956 e. The standard InChI is InChI=1S/C16H16N2/c1-11-3-5-14-13(7-11)9-17-10-18(14)16-8-12(2)4-6-15(16)17/h3-8H,9-10H2,1-2H3. The summed E-state index contributed by atoms with van der Waals surface area (Å²) in [7, 11) is 0. The first kappa shape index (κ1) is 10.0. The molecule has 0 spiro atoms. The number of rotatable bonds is 0. The van der Waals surface area contributed by atoms with E-state index in [0.29, 0.717) is 0 Å². The van der Waals surface area contributed by atoms with Gasteiger partial charge in [-0.3, -0.25) is 0 Å². The molecule has 4 rings (SSSR count). The number of fused-ring (bicyclic) bond motifs is 7. The van der Waals surface area contributed by atoms with E-state index in [1.165, 1.54) is 33.8 Å². The first-order valence-electron chi connectivity index (χ1n) is 6.45. The fraction of sp³-hybridized carbons (Fsp3) is 0.250. The average Bonchev–Trinajstić information content (AvgIpc) is 2.63. The molecule has 2 nitrogen and oxygen atoms in total. The second-order valence-corrected chi connectivity index (χ2v) is 5.39. The molecule has 2 aromatic rings. The summed E-state index contributed by atoms with van der Waals surface area (Å²) < 4.78 is 0. The highest BCUT2D eigenvalue weighted by molar-refractivity contribution is 5.86. The molecule has 2 heteroatoms. The third kappa shape index (κ3) is 1.23. The second kappa shape index (κ2) is 3.29. The van der Waals surface area contributed by atoms with Gasteiger partial charge in [0.05, 0.1) is 18.0 Å². The molecule has 0 saturated carbocycles. The van der Waals surface area contributed by atoms with Gasteiger partial charge in [-0.15, -0.1) is 0 Å². The molecule has 0 atom stereocenters. The normalized spacial score (nSPS) is 15.7. The van der Waals surface area contributed by atoms with Crippen LogP contribution in [0, 0.1) is 13.8 Å². The lowest BCUT2D eigenvalue weighted by Crippen LogP contribution is -2.32. The van der Waals surface area contributed by atoms with Gasteiger partial charge in [0, 0.05) is 12.2 Å². The molecule has 2 bridgehead atoms. The van der Waals surface area contributed by atoms with Crippen molar-refractivity contribution in [1.29, 1.82) is 0 Å². The fourth-order valence-corrected chi connectivity index (χ4v) is 3.09. The molecular weight excluding hydrogens is 220 g/mol. The van der Waals surface area contributed by atoms with Crippen LogP contribution in [0.3, 0.4) is 0 Å². The van der Waals surface area contributed by atoms with Crippen molar-refractivity contribution in [2.45, 2.75) is 20.4 Å². The van der Waals surface area contributed by atoms with E-state index in [2.05, 4.69) is 60.0 Å². The maximum atomic E-state index is 2.45. The van der Waals surface area contributed by atoms with Crippen LogP contribution in [-0.2, 0) is 6.54 Å². The topological polar surface area (TPSA) is 6.48 Å². The lowest BCUT2D eigenvalue weighted by molar-refractivity contribution is 0.794. The summed E-state index contributed by atoms with van der Waals surface area (Å²) in [6, 6.07) is 13.5. The molecule has 0 aliphatic carbocycles. The van der Waals surface area contributed by atoms with Gasteiger partial charge in [-0.1, -0.05) is 23.8 Å². The molecule has 18 heavy (non-hydrogen) atoms. The van der Waals surface area contributed by atoms with E-state index >= 15 is 0 Å². The summed E-state index contributed by atoms with van der Waals surface area (Å²) in [5.74, 6) is 0. The Bertz CT molecular complexity index is 646. The number of hydrogen-bond donors (Lipinski definition) is 0. The van der Waals surface area contributed by atoms with E-state index in [1.807, 2.05) is 0 Å². The molecule has 2 aromatic carbocycles. The zero-order valence-electron chi connectivity index (χ0n) is 10.8. The van der Waals surface area contributed by atoms with Crippen molar-refractivity contribution in [3.05, 3.63) is 53.1 Å². The monoisotopic (exact) mass is 236 g/mol. The van der Waals surface area contributed by atoms with E-state index in [4.69, 9.17) is 0 Å². The largest absolute Gasteiger partial charge is 0.347 e. The molecule has 2 aliphatic rings. The van der Waals surface area contributed by atoms with E-state index in [1.54, 1.807) is 0 Å². The zero-order valence-corrected chi connectivity index (χ0v) is 10.8. The van der Waals surface area contributed by atoms with Gasteiger partial charge in [0.15, 0.2) is 0 Å². The highest BCUT2D eigenvalue weighted by atomic mass is 15.4. The van der Waals surface area contributed by atoms with Gasteiger partial charge in [-0.25, -0.2) is 0 Å². The number of nitrogens with zero attached hydrogens (tertiary/aromatic N) is 2. The maximum Gasteiger partial charge on any atom is 0.0956 e. The Morgan fingerprint density at radius 2 is 1.56 bits per heavy atom. The average molecular weight is 236 g/mol. The fourth-order valence-electron chi connectivity index (χ4n) is 3.09. The van der Waals surface area contributed by atoms with Crippen molar-refractivity contribution < 1.29 is 0 Å². The van der Waals surface area contributed by atoms with Crippen LogP contribution in [0.1, 0.15) is 16.7 Å². The highest BCUT2D eigenvalue weighted by Crippen LogP contribution is 2.46. The summed E-state index contributed by atoms with van der Waals surface area (Å²) in [5.41, 5.74) is 8.22. The van der Waals surface area contributed by atoms with Crippen molar-refractivity contribution >= 4 is 17.1 Å². The molecule has 0 N–H and O–H groups in total. The van der Waals surface area contributed by atoms with Crippen molar-refractivity contribution in [2.24, 2.45) is 0 Å². The molecule has 2 heterocycles. The van der Waals surface area contributed by atoms with Crippen LogP contribution in [-0.4, -0.2) is 6.67 Å². The second-order valence-electron chi connectivity index (χ2n) is 5.39. The van der Waals surface area contributed by atoms with Gasteiger partial charge in [0.1, 0.15) is 0 Å². The van der Waals surface area contributed by atoms with E-state index < -0.39 is 0 Å². The van der Waals surface area contributed by atoms with Crippen LogP contribution in [0.15, 0.2) is 36.4 Å². The molecule has 0 aromatic heterocycles. The van der Waals surface area contributed by atoms with Gasteiger partial charge in [-0.2, -0.15) is 0 Å². The van der Waals surface area contributed by atoms with E-state index in [0.717, 1.165) is 13.2 Å². The molecule has 0 radical (unpaired) electrons. The third-order valence-corrected chi connectivity index (χ3v) is 3.96. The van der Waals surface area contributed by atoms with Crippen LogP contribution < -0.4 is 9.80 Å². The van der Waals surface area contributed by atoms with Crippen molar-refractivity contribution in [2.75, 3.05) is 16.5 Å². The number of anilines is 3. The third-order valence-electron chi connectivity index (χ3n) is 3.96. The lowest BCUT2D eigenvalue weighted by atomic mass is 10.1. The Morgan fingerprint density at radius 1 is 0.833 bits per heavy atom. The Balaban J connectivity index is 1.94. The number of benzene rings is 2. The predicted molar refractivity (Wildman–Crippen MR) is 75.5 cm³/mol. The van der Waals surface area contributed by atoms with Crippen LogP contribution >= 0.6 is 0 Å². The minimum absolute atomic E-state index is 0.995. The van der Waals surface area contributed by atoms with Crippen LogP contribution in [0.25, 0.3) is 0 Å².